The summed E-state index contributed by atoms with van der Waals surface area (Å²) in [5.74, 6) is -0.912. The van der Waals surface area contributed by atoms with Crippen LogP contribution in [0.1, 0.15) is 10.4 Å². The van der Waals surface area contributed by atoms with E-state index >= 15 is 0 Å². The van der Waals surface area contributed by atoms with Crippen LogP contribution in [-0.2, 0) is 0 Å². The van der Waals surface area contributed by atoms with Crippen LogP contribution in [0.25, 0.3) is 0 Å². The summed E-state index contributed by atoms with van der Waals surface area (Å²) in [6.07, 6.45) is 0. The van der Waals surface area contributed by atoms with E-state index in [1.165, 1.54) is 24.3 Å². The SMILES string of the molecule is O=C(O)c1ccc(O)cc1.[CH3-].[Na+]. The van der Waals surface area contributed by atoms with E-state index in [0.29, 0.717) is 0 Å². The first-order valence-electron chi connectivity index (χ1n) is 2.72. The van der Waals surface area contributed by atoms with Crippen molar-refractivity contribution in [3.63, 3.8) is 0 Å². The van der Waals surface area contributed by atoms with E-state index < -0.39 is 5.97 Å². The number of phenolic OH excluding ortho intramolecular Hbond substituents is 1. The third-order valence-electron chi connectivity index (χ3n) is 1.11. The Hall–Kier alpha value is -0.510. The predicted octanol–water partition coefficient (Wildman–Crippen LogP) is -1.46. The van der Waals surface area contributed by atoms with Gasteiger partial charge < -0.3 is 17.6 Å². The molecule has 2 N–H and O–H groups in total. The zero-order valence-electron chi connectivity index (χ0n) is 7.11. The maximum absolute atomic E-state index is 10.2. The normalized spacial score (nSPS) is 7.67. The number of carboxylic acids is 1. The average Bonchev–Trinajstić information content (AvgIpc) is 1.88. The quantitative estimate of drug-likeness (QED) is 0.406. The number of aromatic carboxylic acids is 1. The summed E-state index contributed by atoms with van der Waals surface area (Å²) < 4.78 is 0. The number of benzene rings is 1. The summed E-state index contributed by atoms with van der Waals surface area (Å²) in [4.78, 5) is 10.2. The third-order valence-corrected chi connectivity index (χ3v) is 1.11. The summed E-state index contributed by atoms with van der Waals surface area (Å²) in [7, 11) is 0. The number of rotatable bonds is 1. The van der Waals surface area contributed by atoms with Gasteiger partial charge in [0.1, 0.15) is 5.75 Å². The van der Waals surface area contributed by atoms with Gasteiger partial charge in [-0.1, -0.05) is 0 Å². The number of phenols is 1. The van der Waals surface area contributed by atoms with Crippen molar-refractivity contribution in [3.8, 4) is 5.75 Å². The van der Waals surface area contributed by atoms with Gasteiger partial charge in [-0.05, 0) is 24.3 Å². The van der Waals surface area contributed by atoms with Crippen LogP contribution in [0.2, 0.25) is 0 Å². The molecule has 0 heterocycles. The first-order chi connectivity index (χ1) is 4.70. The molecule has 0 spiro atoms. The molecule has 0 aromatic heterocycles. The molecule has 60 valence electrons. The number of aromatic hydroxyl groups is 1. The average molecular weight is 176 g/mol. The molecule has 0 aliphatic rings. The van der Waals surface area contributed by atoms with Crippen LogP contribution in [-0.4, -0.2) is 16.2 Å². The van der Waals surface area contributed by atoms with E-state index in [9.17, 15) is 4.79 Å². The van der Waals surface area contributed by atoms with Gasteiger partial charge in [-0.25, -0.2) is 4.79 Å². The van der Waals surface area contributed by atoms with Gasteiger partial charge in [-0.15, -0.1) is 0 Å². The van der Waals surface area contributed by atoms with Crippen LogP contribution in [0.3, 0.4) is 0 Å². The monoisotopic (exact) mass is 176 g/mol. The molecule has 0 saturated heterocycles. The largest absolute Gasteiger partial charge is 1.00 e. The smallest absolute Gasteiger partial charge is 0.508 e. The fourth-order valence-corrected chi connectivity index (χ4v) is 0.604. The van der Waals surface area contributed by atoms with Gasteiger partial charge in [-0.3, -0.25) is 0 Å². The molecule has 12 heavy (non-hydrogen) atoms. The Kier molecular flexibility index (Phi) is 7.09. The molecule has 0 fully saturated rings. The Morgan fingerprint density at radius 1 is 1.17 bits per heavy atom. The maximum Gasteiger partial charge on any atom is 1.00 e. The van der Waals surface area contributed by atoms with Gasteiger partial charge in [0.25, 0.3) is 0 Å². The second kappa shape index (κ2) is 6.06. The topological polar surface area (TPSA) is 57.5 Å². The molecule has 0 aliphatic carbocycles. The number of hydrogen-bond donors (Lipinski definition) is 2. The molecular weight excluding hydrogens is 167 g/mol. The van der Waals surface area contributed by atoms with Crippen molar-refractivity contribution in [2.45, 2.75) is 0 Å². The van der Waals surface area contributed by atoms with Crippen LogP contribution in [0.15, 0.2) is 24.3 Å². The molecule has 4 heteroatoms. The van der Waals surface area contributed by atoms with E-state index in [2.05, 4.69) is 0 Å². The number of carboxylic acid groups (broad SMARTS) is 1. The first kappa shape index (κ1) is 14.0. The predicted molar refractivity (Wildman–Crippen MR) is 41.5 cm³/mol. The van der Waals surface area contributed by atoms with Gasteiger partial charge >= 0.3 is 35.5 Å². The second-order valence-corrected chi connectivity index (χ2v) is 1.85. The number of hydrogen-bond acceptors (Lipinski definition) is 2. The van der Waals surface area contributed by atoms with Crippen LogP contribution >= 0.6 is 0 Å². The molecule has 1 aromatic rings. The van der Waals surface area contributed by atoms with E-state index in [0.717, 1.165) is 0 Å². The van der Waals surface area contributed by atoms with Crippen molar-refractivity contribution >= 4 is 5.97 Å². The van der Waals surface area contributed by atoms with Crippen LogP contribution < -0.4 is 29.6 Å². The molecule has 0 atom stereocenters. The van der Waals surface area contributed by atoms with Crippen molar-refractivity contribution in [1.82, 2.24) is 0 Å². The molecule has 0 aliphatic heterocycles. The fraction of sp³-hybridized carbons (Fsp3) is 0. The Morgan fingerprint density at radius 2 is 1.58 bits per heavy atom. The van der Waals surface area contributed by atoms with Crippen LogP contribution in [0, 0.1) is 7.43 Å². The Balaban J connectivity index is 0. The van der Waals surface area contributed by atoms with Gasteiger partial charge in [0, 0.05) is 0 Å². The van der Waals surface area contributed by atoms with Gasteiger partial charge in [0.2, 0.25) is 0 Å². The zero-order chi connectivity index (χ0) is 7.56. The molecule has 0 bridgehead atoms. The van der Waals surface area contributed by atoms with Crippen molar-refractivity contribution in [3.05, 3.63) is 37.3 Å². The maximum atomic E-state index is 10.2. The molecule has 3 nitrogen and oxygen atoms in total. The molecule has 0 radical (unpaired) electrons. The third kappa shape index (κ3) is 3.76. The van der Waals surface area contributed by atoms with Gasteiger partial charge in [0.05, 0.1) is 5.56 Å². The fourth-order valence-electron chi connectivity index (χ4n) is 0.604. The van der Waals surface area contributed by atoms with E-state index in [-0.39, 0.29) is 48.3 Å². The first-order valence-corrected chi connectivity index (χ1v) is 2.72. The Bertz CT molecular complexity index is 243. The van der Waals surface area contributed by atoms with E-state index in [4.69, 9.17) is 10.2 Å². The zero-order valence-corrected chi connectivity index (χ0v) is 9.11. The summed E-state index contributed by atoms with van der Waals surface area (Å²) >= 11 is 0. The van der Waals surface area contributed by atoms with E-state index in [1.54, 1.807) is 0 Å². The molecule has 0 unspecified atom stereocenters. The summed E-state index contributed by atoms with van der Waals surface area (Å²) in [5, 5.41) is 17.1. The van der Waals surface area contributed by atoms with Crippen molar-refractivity contribution in [1.29, 1.82) is 0 Å². The van der Waals surface area contributed by atoms with Crippen molar-refractivity contribution in [2.75, 3.05) is 0 Å². The van der Waals surface area contributed by atoms with Gasteiger partial charge in [-0.2, -0.15) is 0 Å². The summed E-state index contributed by atoms with van der Waals surface area (Å²) in [6, 6.07) is 5.36. The van der Waals surface area contributed by atoms with Crippen LogP contribution in [0.5, 0.6) is 5.75 Å². The molecule has 0 amide bonds. The Labute approximate surface area is 93.3 Å². The van der Waals surface area contributed by atoms with Crippen molar-refractivity contribution in [2.24, 2.45) is 0 Å². The second-order valence-electron chi connectivity index (χ2n) is 1.85. The molecule has 1 rings (SSSR count). The molecule has 1 aromatic carbocycles. The standard InChI is InChI=1S/C7H6O3.CH3.Na/c8-6-3-1-5(2-4-6)7(9)10;;/h1-4,8H,(H,9,10);1H3;/q;-1;+1. The number of carbonyl (C=O) groups is 1. The minimum Gasteiger partial charge on any atom is -0.508 e. The summed E-state index contributed by atoms with van der Waals surface area (Å²) in [6.45, 7) is 0. The van der Waals surface area contributed by atoms with E-state index in [1.807, 2.05) is 0 Å². The Morgan fingerprint density at radius 3 is 1.92 bits per heavy atom. The molecular formula is C8H9NaO3. The van der Waals surface area contributed by atoms with Crippen molar-refractivity contribution < 1.29 is 44.6 Å². The molecule has 0 saturated carbocycles. The van der Waals surface area contributed by atoms with Crippen LogP contribution in [0.4, 0.5) is 0 Å². The van der Waals surface area contributed by atoms with Gasteiger partial charge in [0.15, 0.2) is 0 Å². The summed E-state index contributed by atoms with van der Waals surface area (Å²) in [5.41, 5.74) is 0.179. The minimum atomic E-state index is -0.986. The minimum absolute atomic E-state index is 0.